The Morgan fingerprint density at radius 2 is 1.75 bits per heavy atom. The predicted octanol–water partition coefficient (Wildman–Crippen LogP) is 3.77. The fourth-order valence-electron chi connectivity index (χ4n) is 2.94. The van der Waals surface area contributed by atoms with Gasteiger partial charge in [-0.1, -0.05) is 42.0 Å². The molecule has 3 aromatic carbocycles. The minimum Gasteiger partial charge on any atom is -0.497 e. The predicted molar refractivity (Wildman–Crippen MR) is 123 cm³/mol. The number of methoxy groups -OCH3 is 1. The van der Waals surface area contributed by atoms with Gasteiger partial charge in [0.05, 0.1) is 19.7 Å². The second kappa shape index (κ2) is 10.1. The number of hydrogen-bond acceptors (Lipinski definition) is 6. The van der Waals surface area contributed by atoms with Gasteiger partial charge in [-0.2, -0.15) is 13.5 Å². The summed E-state index contributed by atoms with van der Waals surface area (Å²) < 4.78 is 35.9. The molecule has 0 aliphatic heterocycles. The van der Waals surface area contributed by atoms with E-state index in [1.165, 1.54) is 24.4 Å². The van der Waals surface area contributed by atoms with Gasteiger partial charge in [-0.25, -0.2) is 5.43 Å². The smallest absolute Gasteiger partial charge is 0.339 e. The third-order valence-electron chi connectivity index (χ3n) is 4.67. The molecule has 32 heavy (non-hydrogen) atoms. The first-order valence-electron chi connectivity index (χ1n) is 9.84. The van der Waals surface area contributed by atoms with Gasteiger partial charge in [-0.3, -0.25) is 4.79 Å². The minimum absolute atomic E-state index is 0.0547. The van der Waals surface area contributed by atoms with E-state index in [0.29, 0.717) is 11.3 Å². The maximum atomic E-state index is 12.7. The van der Waals surface area contributed by atoms with Crippen LogP contribution in [0.2, 0.25) is 0 Å². The van der Waals surface area contributed by atoms with E-state index in [0.717, 1.165) is 16.7 Å². The van der Waals surface area contributed by atoms with Crippen molar-refractivity contribution in [2.75, 3.05) is 7.11 Å². The van der Waals surface area contributed by atoms with E-state index < -0.39 is 10.1 Å². The van der Waals surface area contributed by atoms with Crippen molar-refractivity contribution in [3.63, 3.8) is 0 Å². The molecule has 0 atom stereocenters. The van der Waals surface area contributed by atoms with Crippen molar-refractivity contribution < 1.29 is 22.1 Å². The van der Waals surface area contributed by atoms with E-state index in [1.807, 2.05) is 13.0 Å². The number of nitrogens with one attached hydrogen (secondary N) is 1. The molecular weight excluding hydrogens is 428 g/mol. The number of hydrazone groups is 1. The zero-order valence-corrected chi connectivity index (χ0v) is 18.8. The second-order valence-corrected chi connectivity index (χ2v) is 8.71. The lowest BCUT2D eigenvalue weighted by Crippen LogP contribution is -2.20. The van der Waals surface area contributed by atoms with E-state index in [-0.39, 0.29) is 23.0 Å². The Kier molecular flexibility index (Phi) is 7.27. The quantitative estimate of drug-likeness (QED) is 0.319. The average molecular weight is 453 g/mol. The number of carbonyl (C=O) groups excluding carboxylic acids is 1. The molecule has 0 aromatic heterocycles. The van der Waals surface area contributed by atoms with Crippen LogP contribution in [0.15, 0.2) is 76.7 Å². The van der Waals surface area contributed by atoms with Gasteiger partial charge in [-0.15, -0.1) is 0 Å². The molecule has 0 bridgehead atoms. The molecule has 0 aliphatic rings. The van der Waals surface area contributed by atoms with Gasteiger partial charge in [0.2, 0.25) is 5.91 Å². The van der Waals surface area contributed by atoms with Crippen LogP contribution < -0.4 is 14.3 Å². The Bertz CT molecular complexity index is 1240. The summed E-state index contributed by atoms with van der Waals surface area (Å²) in [5.41, 5.74) is 5.37. The maximum absolute atomic E-state index is 12.7. The summed E-state index contributed by atoms with van der Waals surface area (Å²) in [6, 6.07) is 18.6. The summed E-state index contributed by atoms with van der Waals surface area (Å²) in [6.45, 7) is 3.67. The molecule has 3 rings (SSSR count). The number of benzene rings is 3. The second-order valence-electron chi connectivity index (χ2n) is 7.16. The molecule has 0 radical (unpaired) electrons. The number of hydrogen-bond donors (Lipinski definition) is 1. The third-order valence-corrected chi connectivity index (χ3v) is 5.92. The first-order valence-corrected chi connectivity index (χ1v) is 11.2. The first-order chi connectivity index (χ1) is 15.3. The molecule has 0 fully saturated rings. The highest BCUT2D eigenvalue weighted by atomic mass is 32.2. The van der Waals surface area contributed by atoms with Crippen molar-refractivity contribution in [3.05, 3.63) is 89.0 Å². The first kappa shape index (κ1) is 23.0. The van der Waals surface area contributed by atoms with Crippen LogP contribution in [-0.2, 0) is 21.3 Å². The fourth-order valence-corrected chi connectivity index (χ4v) is 3.89. The molecular formula is C24H24N2O5S. The zero-order chi connectivity index (χ0) is 23.1. The highest BCUT2D eigenvalue weighted by Crippen LogP contribution is 2.24. The number of amides is 1. The van der Waals surface area contributed by atoms with Gasteiger partial charge in [0, 0.05) is 5.56 Å². The Labute approximate surface area is 187 Å². The summed E-state index contributed by atoms with van der Waals surface area (Å²) in [7, 11) is -2.46. The SMILES string of the molecule is COc1cccc(CC(=O)NN=Cc2c(C)cccc2OS(=O)(=O)c2ccc(C)cc2)c1. The fraction of sp³-hybridized carbons (Fsp3) is 0.167. The molecule has 7 nitrogen and oxygen atoms in total. The van der Waals surface area contributed by atoms with Gasteiger partial charge in [0.25, 0.3) is 0 Å². The van der Waals surface area contributed by atoms with Crippen LogP contribution in [0.3, 0.4) is 0 Å². The molecule has 166 valence electrons. The van der Waals surface area contributed by atoms with Gasteiger partial charge in [0.15, 0.2) is 5.75 Å². The number of carbonyl (C=O) groups is 1. The number of rotatable bonds is 8. The van der Waals surface area contributed by atoms with Crippen molar-refractivity contribution in [1.29, 1.82) is 0 Å². The highest BCUT2D eigenvalue weighted by molar-refractivity contribution is 7.87. The average Bonchev–Trinajstić information content (AvgIpc) is 2.76. The summed E-state index contributed by atoms with van der Waals surface area (Å²) >= 11 is 0. The number of aryl methyl sites for hydroxylation is 2. The molecule has 1 N–H and O–H groups in total. The number of nitrogens with zero attached hydrogens (tertiary/aromatic N) is 1. The molecule has 3 aromatic rings. The Balaban J connectivity index is 1.73. The van der Waals surface area contributed by atoms with Crippen molar-refractivity contribution in [3.8, 4) is 11.5 Å². The van der Waals surface area contributed by atoms with E-state index in [9.17, 15) is 13.2 Å². The molecule has 0 aliphatic carbocycles. The summed E-state index contributed by atoms with van der Waals surface area (Å²) in [5, 5.41) is 3.99. The van der Waals surface area contributed by atoms with Gasteiger partial charge < -0.3 is 8.92 Å². The van der Waals surface area contributed by atoms with Crippen molar-refractivity contribution in [2.24, 2.45) is 5.10 Å². The van der Waals surface area contributed by atoms with Crippen LogP contribution >= 0.6 is 0 Å². The molecule has 1 amide bonds. The molecule has 0 saturated heterocycles. The Morgan fingerprint density at radius 3 is 2.47 bits per heavy atom. The third kappa shape index (κ3) is 5.95. The standard InChI is InChI=1S/C24H24N2O5S/c1-17-10-12-21(13-11-17)32(28,29)31-23-9-4-6-18(2)22(23)16-25-26-24(27)15-19-7-5-8-20(14-19)30-3/h4-14,16H,15H2,1-3H3,(H,26,27). The lowest BCUT2D eigenvalue weighted by Gasteiger charge is -2.11. The van der Waals surface area contributed by atoms with Crippen molar-refractivity contribution in [1.82, 2.24) is 5.43 Å². The largest absolute Gasteiger partial charge is 0.497 e. The van der Waals surface area contributed by atoms with Crippen LogP contribution in [0.4, 0.5) is 0 Å². The Morgan fingerprint density at radius 1 is 1.03 bits per heavy atom. The number of ether oxygens (including phenoxy) is 1. The minimum atomic E-state index is -4.02. The van der Waals surface area contributed by atoms with E-state index in [4.69, 9.17) is 8.92 Å². The lowest BCUT2D eigenvalue weighted by molar-refractivity contribution is -0.120. The van der Waals surface area contributed by atoms with Crippen LogP contribution in [0.1, 0.15) is 22.3 Å². The summed E-state index contributed by atoms with van der Waals surface area (Å²) in [4.78, 5) is 12.3. The van der Waals surface area contributed by atoms with E-state index >= 15 is 0 Å². The highest BCUT2D eigenvalue weighted by Gasteiger charge is 2.18. The van der Waals surface area contributed by atoms with Crippen LogP contribution in [0.5, 0.6) is 11.5 Å². The van der Waals surface area contributed by atoms with Crippen LogP contribution in [0.25, 0.3) is 0 Å². The molecule has 0 saturated carbocycles. The topological polar surface area (TPSA) is 94.1 Å². The van der Waals surface area contributed by atoms with Gasteiger partial charge in [0.1, 0.15) is 10.6 Å². The van der Waals surface area contributed by atoms with E-state index in [1.54, 1.807) is 56.5 Å². The maximum Gasteiger partial charge on any atom is 0.339 e. The monoisotopic (exact) mass is 452 g/mol. The Hall–Kier alpha value is -3.65. The summed E-state index contributed by atoms with van der Waals surface area (Å²) in [6.07, 6.45) is 1.49. The normalized spacial score (nSPS) is 11.3. The molecule has 0 spiro atoms. The molecule has 0 heterocycles. The van der Waals surface area contributed by atoms with Crippen molar-refractivity contribution in [2.45, 2.75) is 25.2 Å². The van der Waals surface area contributed by atoms with Gasteiger partial charge in [-0.05, 0) is 55.3 Å². The molecule has 8 heteroatoms. The lowest BCUT2D eigenvalue weighted by atomic mass is 10.1. The van der Waals surface area contributed by atoms with Crippen LogP contribution in [-0.4, -0.2) is 27.6 Å². The van der Waals surface area contributed by atoms with E-state index in [2.05, 4.69) is 10.5 Å². The molecule has 0 unspecified atom stereocenters. The zero-order valence-electron chi connectivity index (χ0n) is 18.0. The summed E-state index contributed by atoms with van der Waals surface area (Å²) in [5.74, 6) is 0.462. The van der Waals surface area contributed by atoms with Crippen molar-refractivity contribution >= 4 is 22.2 Å². The van der Waals surface area contributed by atoms with Gasteiger partial charge >= 0.3 is 10.1 Å². The van der Waals surface area contributed by atoms with Crippen LogP contribution in [0, 0.1) is 13.8 Å².